The van der Waals surface area contributed by atoms with Crippen molar-refractivity contribution >= 4 is 6.03 Å². The van der Waals surface area contributed by atoms with E-state index in [9.17, 15) is 4.79 Å². The van der Waals surface area contributed by atoms with E-state index in [0.29, 0.717) is 6.54 Å². The molecule has 3 fully saturated rings. The number of fused-ring (bicyclic) bond motifs is 1. The van der Waals surface area contributed by atoms with Gasteiger partial charge in [0.15, 0.2) is 0 Å². The molecule has 5 nitrogen and oxygen atoms in total. The first-order valence-corrected chi connectivity index (χ1v) is 9.14. The lowest BCUT2D eigenvalue weighted by atomic mass is 9.65. The van der Waals surface area contributed by atoms with Crippen LogP contribution in [-0.4, -0.2) is 47.1 Å². The van der Waals surface area contributed by atoms with Crippen LogP contribution in [0.5, 0.6) is 0 Å². The summed E-state index contributed by atoms with van der Waals surface area (Å²) in [5.74, 6) is 1.17. The smallest absolute Gasteiger partial charge is 0.322 e. The molecule has 5 heteroatoms. The normalized spacial score (nSPS) is 37.5. The fourth-order valence-corrected chi connectivity index (χ4v) is 5.40. The number of hydrogen-bond donors (Lipinski definition) is 0. The lowest BCUT2D eigenvalue weighted by Gasteiger charge is -2.42. The third-order valence-electron chi connectivity index (χ3n) is 6.61. The van der Waals surface area contributed by atoms with Gasteiger partial charge in [0.1, 0.15) is 5.76 Å². The van der Waals surface area contributed by atoms with E-state index in [1.807, 2.05) is 19.0 Å². The van der Waals surface area contributed by atoms with Crippen molar-refractivity contribution < 1.29 is 9.53 Å². The van der Waals surface area contributed by atoms with Crippen LogP contribution >= 0.6 is 0 Å². The van der Waals surface area contributed by atoms with Crippen LogP contribution < -0.4 is 0 Å². The Balaban J connectivity index is 1.66. The van der Waals surface area contributed by atoms with Crippen molar-refractivity contribution in [2.45, 2.75) is 50.7 Å². The Morgan fingerprint density at radius 3 is 2.88 bits per heavy atom. The monoisotopic (exact) mass is 327 g/mol. The first kappa shape index (κ1) is 14.4. The van der Waals surface area contributed by atoms with Crippen molar-refractivity contribution in [2.24, 2.45) is 5.41 Å². The van der Waals surface area contributed by atoms with Gasteiger partial charge in [-0.15, -0.1) is 0 Å². The zero-order valence-electron chi connectivity index (χ0n) is 14.5. The van der Waals surface area contributed by atoms with Crippen LogP contribution in [0.3, 0.4) is 0 Å². The van der Waals surface area contributed by atoms with Crippen molar-refractivity contribution in [1.82, 2.24) is 14.7 Å². The van der Waals surface area contributed by atoms with Gasteiger partial charge in [0.05, 0.1) is 17.7 Å². The number of amides is 2. The van der Waals surface area contributed by atoms with Gasteiger partial charge in [-0.1, -0.05) is 12.5 Å². The summed E-state index contributed by atoms with van der Waals surface area (Å²) < 4.78 is 6.72. The van der Waals surface area contributed by atoms with Crippen LogP contribution in [0.4, 0.5) is 4.79 Å². The Labute approximate surface area is 143 Å². The van der Waals surface area contributed by atoms with E-state index in [2.05, 4.69) is 23.4 Å². The minimum atomic E-state index is -0.498. The Kier molecular flexibility index (Phi) is 2.76. The Morgan fingerprint density at radius 2 is 2.08 bits per heavy atom. The van der Waals surface area contributed by atoms with Crippen molar-refractivity contribution in [3.05, 3.63) is 35.5 Å². The standard InChI is InChI=1S/C19H25N3O2/c1-20-13-19(21(2)17(20)23)12-18-9-5-3-7-14(18)11-22-10-6-4-8-15(22)16(18)24-19/h6,10-11H,3-5,7-9,12-13H2,1-2H3/t18?,19-/m1/s1. The van der Waals surface area contributed by atoms with Gasteiger partial charge in [-0.3, -0.25) is 4.90 Å². The van der Waals surface area contributed by atoms with E-state index in [1.165, 1.54) is 29.9 Å². The second kappa shape index (κ2) is 4.58. The summed E-state index contributed by atoms with van der Waals surface area (Å²) in [6, 6.07) is 0.0670. The minimum absolute atomic E-state index is 0.0228. The summed E-state index contributed by atoms with van der Waals surface area (Å²) in [6.45, 7) is 0.657. The van der Waals surface area contributed by atoms with Gasteiger partial charge in [0, 0.05) is 32.9 Å². The van der Waals surface area contributed by atoms with Crippen molar-refractivity contribution in [3.8, 4) is 0 Å². The lowest BCUT2D eigenvalue weighted by Crippen LogP contribution is -2.45. The zero-order chi connectivity index (χ0) is 16.5. The summed E-state index contributed by atoms with van der Waals surface area (Å²) in [7, 11) is 3.78. The van der Waals surface area contributed by atoms with E-state index in [1.54, 1.807) is 4.90 Å². The topological polar surface area (TPSA) is 36.0 Å². The number of rotatable bonds is 0. The quantitative estimate of drug-likeness (QED) is 0.684. The maximum atomic E-state index is 12.4. The lowest BCUT2D eigenvalue weighted by molar-refractivity contribution is -0.0420. The number of likely N-dealkylation sites (N-methyl/N-ethyl adjacent to an activating group) is 2. The molecule has 24 heavy (non-hydrogen) atoms. The number of carbonyl (C=O) groups is 1. The van der Waals surface area contributed by atoms with Crippen LogP contribution in [0.25, 0.3) is 0 Å². The number of ether oxygens (including phenoxy) is 1. The summed E-state index contributed by atoms with van der Waals surface area (Å²) >= 11 is 0. The molecule has 4 aliphatic heterocycles. The maximum Gasteiger partial charge on any atom is 0.322 e. The summed E-state index contributed by atoms with van der Waals surface area (Å²) in [5.41, 5.74) is 2.35. The Morgan fingerprint density at radius 1 is 1.21 bits per heavy atom. The van der Waals surface area contributed by atoms with Gasteiger partial charge in [-0.2, -0.15) is 0 Å². The molecule has 1 saturated carbocycles. The second-order valence-electron chi connectivity index (χ2n) is 7.97. The SMILES string of the molecule is CN1C[C@]2(CC34CCCCC3=CN3C=CCCC3=C4O2)N(C)C1=O. The van der Waals surface area contributed by atoms with Gasteiger partial charge in [0.25, 0.3) is 0 Å². The fraction of sp³-hybridized carbons (Fsp3) is 0.632. The molecule has 0 radical (unpaired) electrons. The second-order valence-corrected chi connectivity index (χ2v) is 7.97. The zero-order valence-corrected chi connectivity index (χ0v) is 14.5. The number of nitrogens with zero attached hydrogens (tertiary/aromatic N) is 3. The highest BCUT2D eigenvalue weighted by Crippen LogP contribution is 2.62. The molecular weight excluding hydrogens is 302 g/mol. The third kappa shape index (κ3) is 1.63. The van der Waals surface area contributed by atoms with Gasteiger partial charge < -0.3 is 14.5 Å². The Bertz CT molecular complexity index is 709. The van der Waals surface area contributed by atoms with E-state index >= 15 is 0 Å². The first-order chi connectivity index (χ1) is 11.6. The molecule has 4 heterocycles. The molecule has 0 aromatic heterocycles. The highest BCUT2D eigenvalue weighted by atomic mass is 16.5. The molecular formula is C19H25N3O2. The molecule has 5 aliphatic rings. The summed E-state index contributed by atoms with van der Waals surface area (Å²) in [4.78, 5) is 18.3. The minimum Gasteiger partial charge on any atom is -0.467 e. The third-order valence-corrected chi connectivity index (χ3v) is 6.61. The van der Waals surface area contributed by atoms with E-state index < -0.39 is 5.72 Å². The first-order valence-electron chi connectivity index (χ1n) is 9.14. The summed E-state index contributed by atoms with van der Waals surface area (Å²) in [6.07, 6.45) is 14.6. The van der Waals surface area contributed by atoms with Crippen LogP contribution in [0.15, 0.2) is 35.5 Å². The highest BCUT2D eigenvalue weighted by molar-refractivity contribution is 5.77. The molecule has 0 aromatic carbocycles. The molecule has 2 atom stereocenters. The van der Waals surface area contributed by atoms with Gasteiger partial charge in [0.2, 0.25) is 5.72 Å². The predicted molar refractivity (Wildman–Crippen MR) is 90.4 cm³/mol. The van der Waals surface area contributed by atoms with E-state index in [4.69, 9.17) is 4.74 Å². The van der Waals surface area contributed by atoms with Gasteiger partial charge >= 0.3 is 6.03 Å². The molecule has 128 valence electrons. The Hall–Kier alpha value is -1.91. The number of allylic oxidation sites excluding steroid dienone is 3. The molecule has 2 spiro atoms. The fourth-order valence-electron chi connectivity index (χ4n) is 5.40. The van der Waals surface area contributed by atoms with Crippen molar-refractivity contribution in [1.29, 1.82) is 0 Å². The molecule has 0 bridgehead atoms. The van der Waals surface area contributed by atoms with Crippen molar-refractivity contribution in [3.63, 3.8) is 0 Å². The molecule has 0 aromatic rings. The largest absolute Gasteiger partial charge is 0.467 e. The summed E-state index contributed by atoms with van der Waals surface area (Å²) in [5, 5.41) is 0. The van der Waals surface area contributed by atoms with Crippen LogP contribution in [0.2, 0.25) is 0 Å². The molecule has 2 saturated heterocycles. The van der Waals surface area contributed by atoms with Crippen LogP contribution in [0, 0.1) is 5.41 Å². The molecule has 0 N–H and O–H groups in total. The number of hydrogen-bond acceptors (Lipinski definition) is 3. The highest BCUT2D eigenvalue weighted by Gasteiger charge is 2.63. The van der Waals surface area contributed by atoms with E-state index in [-0.39, 0.29) is 11.4 Å². The molecule has 1 aliphatic carbocycles. The average molecular weight is 327 g/mol. The molecule has 1 unspecified atom stereocenters. The number of urea groups is 1. The molecule has 2 amide bonds. The maximum absolute atomic E-state index is 12.4. The number of carbonyl (C=O) groups excluding carboxylic acids is 1. The molecule has 5 rings (SSSR count). The predicted octanol–water partition coefficient (Wildman–Crippen LogP) is 3.38. The van der Waals surface area contributed by atoms with Gasteiger partial charge in [-0.25, -0.2) is 4.79 Å². The van der Waals surface area contributed by atoms with Crippen LogP contribution in [0.1, 0.15) is 44.9 Å². The van der Waals surface area contributed by atoms with Gasteiger partial charge in [-0.05, 0) is 37.7 Å². The van der Waals surface area contributed by atoms with Crippen LogP contribution in [-0.2, 0) is 4.74 Å². The average Bonchev–Trinajstić information content (AvgIpc) is 3.02. The van der Waals surface area contributed by atoms with Crippen molar-refractivity contribution in [2.75, 3.05) is 20.6 Å². The van der Waals surface area contributed by atoms with E-state index in [0.717, 1.165) is 32.1 Å².